The largest absolute Gasteiger partial charge is 0.435 e. The molecule has 15 heavy (non-hydrogen) atoms. The van der Waals surface area contributed by atoms with E-state index in [9.17, 15) is 8.78 Å². The fourth-order valence-electron chi connectivity index (χ4n) is 1.37. The highest BCUT2D eigenvalue weighted by Crippen LogP contribution is 2.20. The van der Waals surface area contributed by atoms with Crippen LogP contribution in [0.3, 0.4) is 0 Å². The summed E-state index contributed by atoms with van der Waals surface area (Å²) in [5.74, 6) is 0.169. The van der Waals surface area contributed by atoms with E-state index >= 15 is 0 Å². The van der Waals surface area contributed by atoms with Gasteiger partial charge in [0.2, 0.25) is 0 Å². The predicted octanol–water partition coefficient (Wildman–Crippen LogP) is 3.58. The Morgan fingerprint density at radius 2 is 2.13 bits per heavy atom. The quantitative estimate of drug-likeness (QED) is 0.723. The van der Waals surface area contributed by atoms with Crippen molar-refractivity contribution in [3.05, 3.63) is 42.0 Å². The molecule has 0 atom stereocenters. The molecule has 0 unspecified atom stereocenters. The first-order valence-corrected chi connectivity index (χ1v) is 4.77. The Labute approximate surface area is 88.4 Å². The molecular weight excluding hydrogens is 198 g/mol. The molecule has 81 valence electrons. The van der Waals surface area contributed by atoms with E-state index in [1.807, 2.05) is 13.0 Å². The summed E-state index contributed by atoms with van der Waals surface area (Å²) in [6.45, 7) is 2.72. The van der Waals surface area contributed by atoms with Crippen LogP contribution in [-0.4, -0.2) is 6.61 Å². The topological polar surface area (TPSA) is 9.23 Å². The van der Waals surface area contributed by atoms with Crippen molar-refractivity contribution in [1.82, 2.24) is 0 Å². The van der Waals surface area contributed by atoms with Gasteiger partial charge in [-0.25, -0.2) is 0 Å². The van der Waals surface area contributed by atoms with E-state index in [-0.39, 0.29) is 5.75 Å². The van der Waals surface area contributed by atoms with Gasteiger partial charge in [-0.2, -0.15) is 8.78 Å². The maximum Gasteiger partial charge on any atom is 0.387 e. The molecule has 0 aliphatic heterocycles. The number of ether oxygens (including phenoxy) is 1. The molecule has 0 aliphatic rings. The van der Waals surface area contributed by atoms with Gasteiger partial charge in [-0.15, -0.1) is 0 Å². The number of hydrogen-bond acceptors (Lipinski definition) is 1. The van der Waals surface area contributed by atoms with Crippen molar-refractivity contribution in [2.45, 2.75) is 26.4 Å². The Bertz CT molecular complexity index is 334. The zero-order valence-electron chi connectivity index (χ0n) is 8.59. The lowest BCUT2D eigenvalue weighted by Crippen LogP contribution is -2.02. The van der Waals surface area contributed by atoms with Gasteiger partial charge in [0, 0.05) is 0 Å². The van der Waals surface area contributed by atoms with Crippen LogP contribution in [0.25, 0.3) is 0 Å². The second-order valence-corrected chi connectivity index (χ2v) is 3.17. The van der Waals surface area contributed by atoms with Crippen LogP contribution in [0.15, 0.2) is 24.8 Å². The molecule has 0 amide bonds. The molecular formula is C12H13F2O. The monoisotopic (exact) mass is 211 g/mol. The second-order valence-electron chi connectivity index (χ2n) is 3.17. The number of benzene rings is 1. The van der Waals surface area contributed by atoms with Gasteiger partial charge in [-0.1, -0.05) is 26.0 Å². The molecule has 1 aromatic rings. The molecule has 1 radical (unpaired) electrons. The Kier molecular flexibility index (Phi) is 4.28. The molecule has 0 saturated carbocycles. The highest BCUT2D eigenvalue weighted by Gasteiger charge is 2.06. The van der Waals surface area contributed by atoms with Crippen molar-refractivity contribution in [2.24, 2.45) is 0 Å². The van der Waals surface area contributed by atoms with E-state index in [4.69, 9.17) is 0 Å². The minimum Gasteiger partial charge on any atom is -0.435 e. The van der Waals surface area contributed by atoms with Crippen LogP contribution in [0.1, 0.15) is 24.5 Å². The van der Waals surface area contributed by atoms with Crippen LogP contribution in [-0.2, 0) is 6.42 Å². The van der Waals surface area contributed by atoms with E-state index < -0.39 is 6.61 Å². The van der Waals surface area contributed by atoms with Gasteiger partial charge in [-0.3, -0.25) is 0 Å². The first-order chi connectivity index (χ1) is 7.15. The summed E-state index contributed by atoms with van der Waals surface area (Å²) in [4.78, 5) is 0. The maximum atomic E-state index is 12.0. The van der Waals surface area contributed by atoms with E-state index in [1.54, 1.807) is 6.07 Å². The van der Waals surface area contributed by atoms with Crippen molar-refractivity contribution in [2.75, 3.05) is 0 Å². The first-order valence-electron chi connectivity index (χ1n) is 4.77. The van der Waals surface area contributed by atoms with Crippen LogP contribution in [0.4, 0.5) is 8.78 Å². The third kappa shape index (κ3) is 3.70. The van der Waals surface area contributed by atoms with Crippen LogP contribution in [0.2, 0.25) is 0 Å². The lowest BCUT2D eigenvalue weighted by Gasteiger charge is -2.08. The van der Waals surface area contributed by atoms with Crippen LogP contribution in [0.5, 0.6) is 5.75 Å². The maximum absolute atomic E-state index is 12.0. The number of halogens is 2. The third-order valence-corrected chi connectivity index (χ3v) is 1.93. The highest BCUT2D eigenvalue weighted by atomic mass is 19.3. The van der Waals surface area contributed by atoms with Crippen LogP contribution in [0, 0.1) is 6.08 Å². The fraction of sp³-hybridized carbons (Fsp3) is 0.333. The lowest BCUT2D eigenvalue weighted by atomic mass is 10.1. The predicted molar refractivity (Wildman–Crippen MR) is 55.0 cm³/mol. The lowest BCUT2D eigenvalue weighted by molar-refractivity contribution is -0.0498. The zero-order valence-corrected chi connectivity index (χ0v) is 8.59. The molecule has 0 saturated heterocycles. The first kappa shape index (κ1) is 11.7. The fourth-order valence-corrected chi connectivity index (χ4v) is 1.37. The number of hydrogen-bond donors (Lipinski definition) is 0. The summed E-state index contributed by atoms with van der Waals surface area (Å²) in [7, 11) is 0. The third-order valence-electron chi connectivity index (χ3n) is 1.93. The average Bonchev–Trinajstić information content (AvgIpc) is 2.16. The summed E-state index contributed by atoms with van der Waals surface area (Å²) in [5, 5.41) is 0. The van der Waals surface area contributed by atoms with Crippen molar-refractivity contribution >= 4 is 0 Å². The van der Waals surface area contributed by atoms with Gasteiger partial charge in [0.25, 0.3) is 0 Å². The Morgan fingerprint density at radius 1 is 1.40 bits per heavy atom. The zero-order chi connectivity index (χ0) is 11.3. The van der Waals surface area contributed by atoms with Crippen LogP contribution < -0.4 is 4.74 Å². The van der Waals surface area contributed by atoms with Crippen LogP contribution >= 0.6 is 0 Å². The molecule has 0 bridgehead atoms. The average molecular weight is 211 g/mol. The summed E-state index contributed by atoms with van der Waals surface area (Å²) in [5.41, 5.74) is 1.64. The van der Waals surface area contributed by atoms with E-state index in [0.717, 1.165) is 18.4 Å². The highest BCUT2D eigenvalue weighted by molar-refractivity contribution is 5.37. The van der Waals surface area contributed by atoms with Crippen molar-refractivity contribution in [3.63, 3.8) is 0 Å². The molecule has 1 aromatic carbocycles. The number of rotatable bonds is 5. The van der Waals surface area contributed by atoms with E-state index in [1.165, 1.54) is 6.07 Å². The van der Waals surface area contributed by atoms with Gasteiger partial charge in [-0.05, 0) is 35.8 Å². The Hall–Kier alpha value is -1.38. The summed E-state index contributed by atoms with van der Waals surface area (Å²) >= 11 is 0. The molecule has 0 aliphatic carbocycles. The number of alkyl halides is 2. The number of aryl methyl sites for hydroxylation is 1. The minimum atomic E-state index is -2.79. The molecule has 0 N–H and O–H groups in total. The molecule has 1 rings (SSSR count). The van der Waals surface area contributed by atoms with Crippen molar-refractivity contribution < 1.29 is 13.5 Å². The van der Waals surface area contributed by atoms with E-state index in [2.05, 4.69) is 17.4 Å². The normalized spacial score (nSPS) is 10.4. The molecule has 0 spiro atoms. The smallest absolute Gasteiger partial charge is 0.387 e. The molecule has 0 heterocycles. The van der Waals surface area contributed by atoms with Gasteiger partial charge in [0.05, 0.1) is 0 Å². The summed E-state index contributed by atoms with van der Waals surface area (Å²) in [6, 6.07) is 4.99. The van der Waals surface area contributed by atoms with Gasteiger partial charge in [0.1, 0.15) is 5.75 Å². The Morgan fingerprint density at radius 3 is 2.67 bits per heavy atom. The summed E-state index contributed by atoms with van der Waals surface area (Å²) < 4.78 is 28.4. The van der Waals surface area contributed by atoms with Crippen molar-refractivity contribution in [3.8, 4) is 5.75 Å². The Balaban J connectivity index is 2.94. The second kappa shape index (κ2) is 5.49. The SMILES string of the molecule is C=[C]c1cc(CCC)cc(OC(F)F)c1. The molecule has 3 heteroatoms. The standard InChI is InChI=1S/C12H13F2O/c1-3-5-10-6-9(4-2)7-11(8-10)15-12(13)14/h6-8,12H,2-3,5H2,1H3. The van der Waals surface area contributed by atoms with E-state index in [0.29, 0.717) is 5.56 Å². The molecule has 1 nitrogen and oxygen atoms in total. The molecule has 0 fully saturated rings. The van der Waals surface area contributed by atoms with Gasteiger partial charge < -0.3 is 4.74 Å². The van der Waals surface area contributed by atoms with Gasteiger partial charge >= 0.3 is 6.61 Å². The van der Waals surface area contributed by atoms with Crippen molar-refractivity contribution in [1.29, 1.82) is 0 Å². The molecule has 0 aromatic heterocycles. The van der Waals surface area contributed by atoms with Gasteiger partial charge in [0.15, 0.2) is 0 Å². The minimum absolute atomic E-state index is 0.169. The summed E-state index contributed by atoms with van der Waals surface area (Å²) in [6.07, 6.45) is 4.45.